The Morgan fingerprint density at radius 1 is 1.48 bits per heavy atom. The van der Waals surface area contributed by atoms with Crippen molar-refractivity contribution in [2.75, 3.05) is 18.5 Å². The van der Waals surface area contributed by atoms with Crippen molar-refractivity contribution in [3.63, 3.8) is 0 Å². The summed E-state index contributed by atoms with van der Waals surface area (Å²) in [6, 6.07) is 4.17. The molecule has 3 aromatic rings. The highest BCUT2D eigenvalue weighted by Crippen LogP contribution is 2.36. The number of nitrogens with two attached hydrogens (primary N) is 1. The second-order valence-corrected chi connectivity index (χ2v) is 7.85. The first-order valence-electron chi connectivity index (χ1n) is 9.07. The van der Waals surface area contributed by atoms with Crippen molar-refractivity contribution in [3.8, 4) is 5.75 Å². The summed E-state index contributed by atoms with van der Waals surface area (Å²) in [5.74, 6) is -0.129. The van der Waals surface area contributed by atoms with Gasteiger partial charge in [0.2, 0.25) is 0 Å². The summed E-state index contributed by atoms with van der Waals surface area (Å²) in [6.07, 6.45) is 1.82. The maximum atomic E-state index is 13.9. The minimum Gasteiger partial charge on any atom is -0.487 e. The lowest BCUT2D eigenvalue weighted by atomic mass is 10.2. The first-order valence-corrected chi connectivity index (χ1v) is 9.89. The van der Waals surface area contributed by atoms with Gasteiger partial charge in [-0.05, 0) is 24.6 Å². The number of ether oxygens (including phenoxy) is 1. The molecule has 0 aliphatic carbocycles. The molecule has 2 atom stereocenters. The van der Waals surface area contributed by atoms with E-state index in [1.54, 1.807) is 13.0 Å². The molecule has 152 valence electrons. The highest BCUT2D eigenvalue weighted by Gasteiger charge is 2.26. The first-order chi connectivity index (χ1) is 14.0. The van der Waals surface area contributed by atoms with Gasteiger partial charge in [0, 0.05) is 25.1 Å². The van der Waals surface area contributed by atoms with Crippen LogP contribution in [0.2, 0.25) is 0 Å². The Labute approximate surface area is 169 Å². The van der Waals surface area contributed by atoms with E-state index in [-0.39, 0.29) is 18.8 Å². The average molecular weight is 417 g/mol. The fraction of sp³-hybridized carbons (Fsp3) is 0.316. The number of aryl methyl sites for hydroxylation is 1. The van der Waals surface area contributed by atoms with Gasteiger partial charge in [-0.1, -0.05) is 0 Å². The van der Waals surface area contributed by atoms with Gasteiger partial charge >= 0.3 is 0 Å². The number of anilines is 2. The largest absolute Gasteiger partial charge is 0.487 e. The number of carbonyl (C=O) groups excluding carboxylic acids is 1. The van der Waals surface area contributed by atoms with E-state index in [1.807, 2.05) is 0 Å². The van der Waals surface area contributed by atoms with Crippen LogP contribution in [0, 0.1) is 12.7 Å². The van der Waals surface area contributed by atoms with Crippen molar-refractivity contribution in [2.24, 2.45) is 5.73 Å². The lowest BCUT2D eigenvalue weighted by Crippen LogP contribution is -2.25. The topological polar surface area (TPSA) is 122 Å². The minimum atomic E-state index is -0.519. The van der Waals surface area contributed by atoms with Gasteiger partial charge in [-0.25, -0.2) is 14.4 Å². The second kappa shape index (κ2) is 7.90. The molecule has 8 nitrogen and oxygen atoms in total. The van der Waals surface area contributed by atoms with Gasteiger partial charge in [-0.2, -0.15) is 0 Å². The Morgan fingerprint density at radius 2 is 2.31 bits per heavy atom. The van der Waals surface area contributed by atoms with Crippen molar-refractivity contribution in [2.45, 2.75) is 25.5 Å². The Bertz CT molecular complexity index is 1070. The Hall–Kier alpha value is -2.82. The number of hydrogen-bond acceptors (Lipinski definition) is 8. The van der Waals surface area contributed by atoms with Crippen molar-refractivity contribution in [1.29, 1.82) is 0 Å². The van der Waals surface area contributed by atoms with Gasteiger partial charge in [0.25, 0.3) is 5.91 Å². The molecule has 0 spiro atoms. The summed E-state index contributed by atoms with van der Waals surface area (Å²) in [5, 5.41) is 16.3. The Morgan fingerprint density at radius 3 is 3.03 bits per heavy atom. The standard InChI is InChI=1S/C19H20FN5O3S/c1-9-15-18(23-8-24-19(15)29-16(9)17(21)27)25-13-3-2-10(20)4-14(13)28-12-5-11(7-26)22-6-12/h2-4,8,11-12,22,26H,5-7H2,1H3,(H2,21,27)(H,23,24,25). The number of benzene rings is 1. The molecular weight excluding hydrogens is 397 g/mol. The summed E-state index contributed by atoms with van der Waals surface area (Å²) < 4.78 is 19.9. The molecule has 1 aliphatic heterocycles. The third kappa shape index (κ3) is 3.86. The molecule has 2 unspecified atom stereocenters. The number of nitrogens with one attached hydrogen (secondary N) is 2. The molecule has 29 heavy (non-hydrogen) atoms. The number of aliphatic hydroxyl groups excluding tert-OH is 1. The van der Waals surface area contributed by atoms with E-state index in [0.29, 0.717) is 50.9 Å². The number of rotatable bonds is 6. The van der Waals surface area contributed by atoms with E-state index in [4.69, 9.17) is 10.5 Å². The molecule has 0 saturated carbocycles. The maximum absolute atomic E-state index is 13.9. The predicted molar refractivity (Wildman–Crippen MR) is 108 cm³/mol. The molecule has 0 radical (unpaired) electrons. The molecule has 5 N–H and O–H groups in total. The number of hydrogen-bond donors (Lipinski definition) is 4. The number of fused-ring (bicyclic) bond motifs is 1. The number of aliphatic hydroxyl groups is 1. The predicted octanol–water partition coefficient (Wildman–Crippen LogP) is 2.08. The van der Waals surface area contributed by atoms with Crippen LogP contribution in [0.25, 0.3) is 10.2 Å². The average Bonchev–Trinajstić information content (AvgIpc) is 3.29. The molecule has 1 amide bonds. The zero-order valence-corrected chi connectivity index (χ0v) is 16.4. The molecule has 4 rings (SSSR count). The van der Waals surface area contributed by atoms with E-state index in [0.717, 1.165) is 0 Å². The number of primary amides is 1. The summed E-state index contributed by atoms with van der Waals surface area (Å²) >= 11 is 1.20. The van der Waals surface area contributed by atoms with E-state index in [1.165, 1.54) is 29.8 Å². The normalized spacial score (nSPS) is 18.9. The first kappa shape index (κ1) is 19.5. The highest BCUT2D eigenvalue weighted by atomic mass is 32.1. The van der Waals surface area contributed by atoms with Crippen LogP contribution in [0.1, 0.15) is 21.7 Å². The SMILES string of the molecule is Cc1c(C(N)=O)sc2ncnc(Nc3ccc(F)cc3OC3CNC(CO)C3)c12. The van der Waals surface area contributed by atoms with Gasteiger partial charge in [0.05, 0.1) is 22.6 Å². The summed E-state index contributed by atoms with van der Waals surface area (Å²) in [7, 11) is 0. The maximum Gasteiger partial charge on any atom is 0.259 e. The van der Waals surface area contributed by atoms with Gasteiger partial charge < -0.3 is 26.2 Å². The molecule has 1 fully saturated rings. The van der Waals surface area contributed by atoms with Crippen molar-refractivity contribution in [3.05, 3.63) is 40.8 Å². The van der Waals surface area contributed by atoms with Crippen LogP contribution in [0.4, 0.5) is 15.9 Å². The molecule has 10 heteroatoms. The van der Waals surface area contributed by atoms with E-state index >= 15 is 0 Å². The number of halogens is 1. The van der Waals surface area contributed by atoms with Crippen LogP contribution in [-0.2, 0) is 0 Å². The van der Waals surface area contributed by atoms with E-state index in [9.17, 15) is 14.3 Å². The molecular formula is C19H20FN5O3S. The lowest BCUT2D eigenvalue weighted by Gasteiger charge is -2.17. The quantitative estimate of drug-likeness (QED) is 0.484. The summed E-state index contributed by atoms with van der Waals surface area (Å²) in [5.41, 5.74) is 6.68. The lowest BCUT2D eigenvalue weighted by molar-refractivity contribution is 0.100. The zero-order valence-electron chi connectivity index (χ0n) is 15.6. The van der Waals surface area contributed by atoms with Crippen molar-refractivity contribution < 1.29 is 19.0 Å². The van der Waals surface area contributed by atoms with E-state index < -0.39 is 11.7 Å². The molecule has 2 aromatic heterocycles. The molecule has 1 aliphatic rings. The highest BCUT2D eigenvalue weighted by molar-refractivity contribution is 7.20. The van der Waals surface area contributed by atoms with Crippen LogP contribution in [0.5, 0.6) is 5.75 Å². The van der Waals surface area contributed by atoms with Gasteiger partial charge in [-0.15, -0.1) is 11.3 Å². The monoisotopic (exact) mass is 417 g/mol. The van der Waals surface area contributed by atoms with E-state index in [2.05, 4.69) is 20.6 Å². The fourth-order valence-electron chi connectivity index (χ4n) is 3.42. The van der Waals surface area contributed by atoms with Crippen molar-refractivity contribution in [1.82, 2.24) is 15.3 Å². The van der Waals surface area contributed by atoms with Crippen LogP contribution in [0.3, 0.4) is 0 Å². The molecule has 1 aromatic carbocycles. The molecule has 3 heterocycles. The smallest absolute Gasteiger partial charge is 0.259 e. The van der Waals surface area contributed by atoms with Crippen LogP contribution in [-0.4, -0.2) is 46.3 Å². The van der Waals surface area contributed by atoms with Gasteiger partial charge in [-0.3, -0.25) is 4.79 Å². The number of carbonyl (C=O) groups is 1. The third-order valence-corrected chi connectivity index (χ3v) is 6.06. The van der Waals surface area contributed by atoms with Gasteiger partial charge in [0.1, 0.15) is 34.6 Å². The number of nitrogens with zero attached hydrogens (tertiary/aromatic N) is 2. The Kier molecular flexibility index (Phi) is 5.31. The van der Waals surface area contributed by atoms with Crippen LogP contribution < -0.4 is 21.1 Å². The number of thiophene rings is 1. The fourth-order valence-corrected chi connectivity index (χ4v) is 4.42. The third-order valence-electron chi connectivity index (χ3n) is 4.84. The van der Waals surface area contributed by atoms with Crippen LogP contribution >= 0.6 is 11.3 Å². The number of aromatic nitrogens is 2. The Balaban J connectivity index is 1.67. The van der Waals surface area contributed by atoms with Gasteiger partial charge in [0.15, 0.2) is 0 Å². The van der Waals surface area contributed by atoms with Crippen molar-refractivity contribution >= 4 is 39.0 Å². The zero-order chi connectivity index (χ0) is 20.5. The van der Waals surface area contributed by atoms with Crippen LogP contribution in [0.15, 0.2) is 24.5 Å². The summed E-state index contributed by atoms with van der Waals surface area (Å²) in [6.45, 7) is 2.37. The summed E-state index contributed by atoms with van der Waals surface area (Å²) in [4.78, 5) is 21.2. The molecule has 0 bridgehead atoms. The second-order valence-electron chi connectivity index (χ2n) is 6.85. The molecule has 1 saturated heterocycles. The minimum absolute atomic E-state index is 0.0205. The number of amides is 1.